The highest BCUT2D eigenvalue weighted by molar-refractivity contribution is 6.12. The van der Waals surface area contributed by atoms with Gasteiger partial charge in [-0.25, -0.2) is 9.37 Å². The molecule has 0 saturated carbocycles. The third-order valence-electron chi connectivity index (χ3n) is 6.67. The van der Waals surface area contributed by atoms with E-state index in [1.54, 1.807) is 6.07 Å². The molecular weight excluding hydrogens is 419 g/mol. The van der Waals surface area contributed by atoms with Crippen LogP contribution < -0.4 is 0 Å². The number of hydrogen-bond donors (Lipinski definition) is 1. The predicted molar refractivity (Wildman–Crippen MR) is 139 cm³/mol. The fourth-order valence-corrected chi connectivity index (χ4v) is 5.08. The molecule has 1 N–H and O–H groups in total. The smallest absolute Gasteiger partial charge is 0.139 e. The maximum atomic E-state index is 14.8. The standard InChI is InChI=1S/C31H19FN2/c32-27-14-6-13-25-26(27)17-20-8-2-4-11-24(20)30(25)31-33-28-16-15-21(18-29(28)34-31)23-12-5-9-19-7-1-3-10-22(19)23/h1-18H,(H,33,34). The molecule has 34 heavy (non-hydrogen) atoms. The van der Waals surface area contributed by atoms with Crippen molar-refractivity contribution in [3.05, 3.63) is 115 Å². The van der Waals surface area contributed by atoms with E-state index >= 15 is 0 Å². The summed E-state index contributed by atoms with van der Waals surface area (Å²) in [6, 6.07) is 36.4. The van der Waals surface area contributed by atoms with Crippen LogP contribution in [0.4, 0.5) is 4.39 Å². The number of rotatable bonds is 2. The van der Waals surface area contributed by atoms with Gasteiger partial charge in [-0.05, 0) is 62.3 Å². The van der Waals surface area contributed by atoms with Crippen molar-refractivity contribution >= 4 is 43.4 Å². The van der Waals surface area contributed by atoms with E-state index < -0.39 is 0 Å². The van der Waals surface area contributed by atoms with Crippen molar-refractivity contribution in [3.8, 4) is 22.5 Å². The largest absolute Gasteiger partial charge is 0.338 e. The molecule has 6 aromatic carbocycles. The predicted octanol–water partition coefficient (Wildman–Crippen LogP) is 8.50. The average Bonchev–Trinajstić information content (AvgIpc) is 3.30. The molecular formula is C31H19FN2. The Hall–Kier alpha value is -4.50. The van der Waals surface area contributed by atoms with Crippen LogP contribution in [-0.2, 0) is 0 Å². The molecule has 2 nitrogen and oxygen atoms in total. The molecule has 0 aliphatic heterocycles. The van der Waals surface area contributed by atoms with Crippen LogP contribution in [-0.4, -0.2) is 9.97 Å². The lowest BCUT2D eigenvalue weighted by molar-refractivity contribution is 0.640. The van der Waals surface area contributed by atoms with Gasteiger partial charge in [0.15, 0.2) is 0 Å². The summed E-state index contributed by atoms with van der Waals surface area (Å²) >= 11 is 0. The Kier molecular flexibility index (Phi) is 4.06. The molecule has 7 rings (SSSR count). The molecule has 3 heteroatoms. The SMILES string of the molecule is Fc1cccc2c(-c3nc4ccc(-c5cccc6ccccc56)cc4[nH]3)c3ccccc3cc12. The van der Waals surface area contributed by atoms with Gasteiger partial charge in [0.1, 0.15) is 11.6 Å². The number of nitrogens with zero attached hydrogens (tertiary/aromatic N) is 1. The van der Waals surface area contributed by atoms with Crippen LogP contribution in [0.5, 0.6) is 0 Å². The molecule has 1 aromatic heterocycles. The van der Waals surface area contributed by atoms with E-state index in [4.69, 9.17) is 4.98 Å². The number of benzene rings is 6. The lowest BCUT2D eigenvalue weighted by Crippen LogP contribution is -1.89. The maximum absolute atomic E-state index is 14.8. The Morgan fingerprint density at radius 3 is 2.24 bits per heavy atom. The van der Waals surface area contributed by atoms with Crippen LogP contribution in [0, 0.1) is 5.82 Å². The van der Waals surface area contributed by atoms with E-state index in [1.807, 2.05) is 30.3 Å². The van der Waals surface area contributed by atoms with Crippen LogP contribution in [0.25, 0.3) is 65.9 Å². The van der Waals surface area contributed by atoms with Gasteiger partial charge in [-0.15, -0.1) is 0 Å². The number of aromatic amines is 1. The first kappa shape index (κ1) is 19.0. The van der Waals surface area contributed by atoms with Gasteiger partial charge in [-0.1, -0.05) is 84.9 Å². The Morgan fingerprint density at radius 1 is 0.588 bits per heavy atom. The third-order valence-corrected chi connectivity index (χ3v) is 6.67. The Balaban J connectivity index is 1.48. The van der Waals surface area contributed by atoms with Crippen molar-refractivity contribution in [1.29, 1.82) is 0 Å². The van der Waals surface area contributed by atoms with E-state index in [9.17, 15) is 4.39 Å². The zero-order valence-electron chi connectivity index (χ0n) is 18.2. The van der Waals surface area contributed by atoms with E-state index in [0.717, 1.165) is 44.1 Å². The minimum Gasteiger partial charge on any atom is -0.338 e. The maximum Gasteiger partial charge on any atom is 0.139 e. The summed E-state index contributed by atoms with van der Waals surface area (Å²) in [4.78, 5) is 8.47. The summed E-state index contributed by atoms with van der Waals surface area (Å²) in [7, 11) is 0. The van der Waals surface area contributed by atoms with Crippen LogP contribution in [0.1, 0.15) is 0 Å². The van der Waals surface area contributed by atoms with E-state index in [2.05, 4.69) is 71.7 Å². The van der Waals surface area contributed by atoms with E-state index in [1.165, 1.54) is 22.4 Å². The van der Waals surface area contributed by atoms with E-state index in [0.29, 0.717) is 5.39 Å². The lowest BCUT2D eigenvalue weighted by atomic mass is 9.96. The topological polar surface area (TPSA) is 28.7 Å². The summed E-state index contributed by atoms with van der Waals surface area (Å²) in [6.45, 7) is 0. The number of hydrogen-bond acceptors (Lipinski definition) is 1. The highest BCUT2D eigenvalue weighted by Crippen LogP contribution is 2.37. The second kappa shape index (κ2) is 7.26. The van der Waals surface area contributed by atoms with Gasteiger partial charge in [0, 0.05) is 10.9 Å². The monoisotopic (exact) mass is 438 g/mol. The first-order chi connectivity index (χ1) is 16.8. The number of H-pyrrole nitrogens is 1. The van der Waals surface area contributed by atoms with Gasteiger partial charge in [-0.2, -0.15) is 0 Å². The molecule has 7 aromatic rings. The zero-order valence-corrected chi connectivity index (χ0v) is 18.2. The molecule has 1 heterocycles. The average molecular weight is 439 g/mol. The van der Waals surface area contributed by atoms with E-state index in [-0.39, 0.29) is 5.82 Å². The summed E-state index contributed by atoms with van der Waals surface area (Å²) in [6.07, 6.45) is 0. The van der Waals surface area contributed by atoms with Crippen molar-refractivity contribution in [2.24, 2.45) is 0 Å². The van der Waals surface area contributed by atoms with Gasteiger partial charge in [0.05, 0.1) is 11.0 Å². The van der Waals surface area contributed by atoms with Crippen LogP contribution in [0.15, 0.2) is 109 Å². The lowest BCUT2D eigenvalue weighted by Gasteiger charge is -2.10. The van der Waals surface area contributed by atoms with Crippen molar-refractivity contribution in [2.75, 3.05) is 0 Å². The normalized spacial score (nSPS) is 11.7. The molecule has 0 bridgehead atoms. The minimum absolute atomic E-state index is 0.223. The number of imidazole rings is 1. The fraction of sp³-hybridized carbons (Fsp3) is 0. The molecule has 0 amide bonds. The molecule has 160 valence electrons. The summed E-state index contributed by atoms with van der Waals surface area (Å²) in [5.74, 6) is 0.524. The Bertz CT molecular complexity index is 1880. The summed E-state index contributed by atoms with van der Waals surface area (Å²) in [5.41, 5.74) is 5.09. The van der Waals surface area contributed by atoms with Crippen LogP contribution in [0.3, 0.4) is 0 Å². The van der Waals surface area contributed by atoms with Crippen molar-refractivity contribution in [1.82, 2.24) is 9.97 Å². The molecule has 0 unspecified atom stereocenters. The molecule has 0 fully saturated rings. The van der Waals surface area contributed by atoms with Gasteiger partial charge < -0.3 is 4.98 Å². The molecule has 0 aliphatic rings. The first-order valence-electron chi connectivity index (χ1n) is 11.3. The second-order valence-electron chi connectivity index (χ2n) is 8.65. The number of aromatic nitrogens is 2. The summed E-state index contributed by atoms with van der Waals surface area (Å²) < 4.78 is 14.8. The highest BCUT2D eigenvalue weighted by atomic mass is 19.1. The summed E-state index contributed by atoms with van der Waals surface area (Å²) in [5, 5.41) is 5.94. The minimum atomic E-state index is -0.223. The zero-order chi connectivity index (χ0) is 22.6. The molecule has 0 radical (unpaired) electrons. The Labute approximate surface area is 195 Å². The van der Waals surface area contributed by atoms with Crippen LogP contribution >= 0.6 is 0 Å². The van der Waals surface area contributed by atoms with Crippen molar-refractivity contribution in [3.63, 3.8) is 0 Å². The highest BCUT2D eigenvalue weighted by Gasteiger charge is 2.16. The number of halogens is 1. The Morgan fingerprint density at radius 2 is 1.32 bits per heavy atom. The number of nitrogens with one attached hydrogen (secondary N) is 1. The van der Waals surface area contributed by atoms with Crippen LogP contribution in [0.2, 0.25) is 0 Å². The molecule has 0 spiro atoms. The third kappa shape index (κ3) is 2.84. The van der Waals surface area contributed by atoms with Crippen molar-refractivity contribution in [2.45, 2.75) is 0 Å². The second-order valence-corrected chi connectivity index (χ2v) is 8.65. The number of fused-ring (bicyclic) bond motifs is 4. The fourth-order valence-electron chi connectivity index (χ4n) is 5.08. The first-order valence-corrected chi connectivity index (χ1v) is 11.3. The molecule has 0 saturated heterocycles. The quantitative estimate of drug-likeness (QED) is 0.269. The van der Waals surface area contributed by atoms with Gasteiger partial charge in [0.2, 0.25) is 0 Å². The molecule has 0 aliphatic carbocycles. The van der Waals surface area contributed by atoms with Gasteiger partial charge >= 0.3 is 0 Å². The molecule has 0 atom stereocenters. The van der Waals surface area contributed by atoms with Gasteiger partial charge in [-0.3, -0.25) is 0 Å². The van der Waals surface area contributed by atoms with Gasteiger partial charge in [0.25, 0.3) is 0 Å². The van der Waals surface area contributed by atoms with Crippen molar-refractivity contribution < 1.29 is 4.39 Å².